The van der Waals surface area contributed by atoms with E-state index >= 15 is 0 Å². The minimum absolute atomic E-state index is 0.158. The molecule has 0 spiro atoms. The Morgan fingerprint density at radius 1 is 1.37 bits per heavy atom. The summed E-state index contributed by atoms with van der Waals surface area (Å²) in [6, 6.07) is 1.72. The molecular formula is C13H19N5O. The van der Waals surface area contributed by atoms with Crippen LogP contribution in [0.3, 0.4) is 0 Å². The number of nitrogens with one attached hydrogen (secondary N) is 1. The van der Waals surface area contributed by atoms with Crippen LogP contribution in [0, 0.1) is 13.8 Å². The summed E-state index contributed by atoms with van der Waals surface area (Å²) >= 11 is 0. The van der Waals surface area contributed by atoms with Crippen molar-refractivity contribution in [2.45, 2.75) is 33.9 Å². The van der Waals surface area contributed by atoms with E-state index in [-0.39, 0.29) is 5.91 Å². The smallest absolute Gasteiger partial charge is 0.272 e. The number of amides is 1. The van der Waals surface area contributed by atoms with E-state index < -0.39 is 0 Å². The maximum absolute atomic E-state index is 12.0. The Kier molecular flexibility index (Phi) is 3.69. The van der Waals surface area contributed by atoms with Crippen LogP contribution in [-0.2, 0) is 20.1 Å². The molecule has 2 heterocycles. The molecule has 2 rings (SSSR count). The second kappa shape index (κ2) is 5.26. The summed E-state index contributed by atoms with van der Waals surface area (Å²) in [6.07, 6.45) is 1.80. The molecule has 0 saturated heterocycles. The molecule has 0 aliphatic carbocycles. The highest BCUT2D eigenvalue weighted by Crippen LogP contribution is 2.11. The lowest BCUT2D eigenvalue weighted by Gasteiger charge is -2.04. The van der Waals surface area contributed by atoms with Gasteiger partial charge in [0.1, 0.15) is 5.69 Å². The Morgan fingerprint density at radius 2 is 2.11 bits per heavy atom. The Hall–Kier alpha value is -2.11. The molecule has 0 aliphatic heterocycles. The van der Waals surface area contributed by atoms with Crippen molar-refractivity contribution in [3.05, 3.63) is 34.9 Å². The zero-order valence-electron chi connectivity index (χ0n) is 11.8. The summed E-state index contributed by atoms with van der Waals surface area (Å²) in [6.45, 7) is 7.15. The van der Waals surface area contributed by atoms with Crippen LogP contribution in [0.5, 0.6) is 0 Å². The predicted octanol–water partition coefficient (Wildman–Crippen LogP) is 1.18. The van der Waals surface area contributed by atoms with Crippen molar-refractivity contribution in [2.24, 2.45) is 7.05 Å². The molecule has 6 nitrogen and oxygen atoms in total. The van der Waals surface area contributed by atoms with E-state index in [0.717, 1.165) is 23.5 Å². The molecule has 19 heavy (non-hydrogen) atoms. The number of aromatic nitrogens is 4. The molecule has 0 atom stereocenters. The van der Waals surface area contributed by atoms with E-state index in [9.17, 15) is 4.79 Å². The van der Waals surface area contributed by atoms with Gasteiger partial charge in [-0.3, -0.25) is 14.2 Å². The van der Waals surface area contributed by atoms with Crippen molar-refractivity contribution < 1.29 is 4.79 Å². The predicted molar refractivity (Wildman–Crippen MR) is 71.8 cm³/mol. The number of aryl methyl sites for hydroxylation is 3. The minimum atomic E-state index is -0.158. The number of rotatable bonds is 4. The third-order valence-electron chi connectivity index (χ3n) is 3.28. The Balaban J connectivity index is 2.04. The Labute approximate surface area is 112 Å². The third kappa shape index (κ3) is 2.67. The highest BCUT2D eigenvalue weighted by Gasteiger charge is 2.13. The number of nitrogens with zero attached hydrogens (tertiary/aromatic N) is 4. The second-order valence-electron chi connectivity index (χ2n) is 4.51. The molecule has 0 unspecified atom stereocenters. The summed E-state index contributed by atoms with van der Waals surface area (Å²) < 4.78 is 3.55. The zero-order valence-corrected chi connectivity index (χ0v) is 11.8. The number of carbonyl (C=O) groups is 1. The van der Waals surface area contributed by atoms with Crippen LogP contribution in [-0.4, -0.2) is 25.5 Å². The van der Waals surface area contributed by atoms with Crippen LogP contribution < -0.4 is 5.32 Å². The molecule has 0 aliphatic rings. The zero-order chi connectivity index (χ0) is 14.0. The first-order valence-electron chi connectivity index (χ1n) is 6.33. The van der Waals surface area contributed by atoms with Gasteiger partial charge in [-0.05, 0) is 26.8 Å². The molecule has 0 aromatic carbocycles. The van der Waals surface area contributed by atoms with Gasteiger partial charge in [0.15, 0.2) is 0 Å². The Morgan fingerprint density at radius 3 is 2.63 bits per heavy atom. The maximum atomic E-state index is 12.0. The molecule has 0 bridgehead atoms. The molecule has 1 N–H and O–H groups in total. The second-order valence-corrected chi connectivity index (χ2v) is 4.51. The molecule has 6 heteroatoms. The van der Waals surface area contributed by atoms with Crippen LogP contribution in [0.25, 0.3) is 0 Å². The van der Waals surface area contributed by atoms with E-state index in [1.807, 2.05) is 32.5 Å². The van der Waals surface area contributed by atoms with Crippen LogP contribution in [0.15, 0.2) is 12.3 Å². The molecule has 2 aromatic rings. The van der Waals surface area contributed by atoms with E-state index in [4.69, 9.17) is 0 Å². The fourth-order valence-corrected chi connectivity index (χ4v) is 1.99. The molecule has 1 amide bonds. The van der Waals surface area contributed by atoms with Gasteiger partial charge in [-0.1, -0.05) is 0 Å². The molecular weight excluding hydrogens is 242 g/mol. The first-order valence-corrected chi connectivity index (χ1v) is 6.33. The average molecular weight is 261 g/mol. The van der Waals surface area contributed by atoms with E-state index in [1.165, 1.54) is 0 Å². The fraction of sp³-hybridized carbons (Fsp3) is 0.462. The van der Waals surface area contributed by atoms with E-state index in [2.05, 4.69) is 15.5 Å². The lowest BCUT2D eigenvalue weighted by molar-refractivity contribution is 0.0945. The molecule has 0 saturated carbocycles. The van der Waals surface area contributed by atoms with Gasteiger partial charge in [-0.15, -0.1) is 0 Å². The minimum Gasteiger partial charge on any atom is -0.346 e. The normalized spacial score (nSPS) is 10.7. The van der Waals surface area contributed by atoms with Gasteiger partial charge in [-0.2, -0.15) is 10.2 Å². The molecule has 102 valence electrons. The molecule has 0 radical (unpaired) electrons. The molecule has 0 fully saturated rings. The highest BCUT2D eigenvalue weighted by atomic mass is 16.1. The first kappa shape index (κ1) is 13.3. The number of carbonyl (C=O) groups excluding carboxylic acids is 1. The van der Waals surface area contributed by atoms with Gasteiger partial charge < -0.3 is 5.32 Å². The van der Waals surface area contributed by atoms with Crippen molar-refractivity contribution in [1.82, 2.24) is 24.9 Å². The Bertz CT molecular complexity index is 596. The highest BCUT2D eigenvalue weighted by molar-refractivity contribution is 5.92. The third-order valence-corrected chi connectivity index (χ3v) is 3.28. The summed E-state index contributed by atoms with van der Waals surface area (Å²) in [7, 11) is 1.90. The quantitative estimate of drug-likeness (QED) is 0.899. The van der Waals surface area contributed by atoms with Crippen LogP contribution in [0.1, 0.15) is 34.4 Å². The lowest BCUT2D eigenvalue weighted by atomic mass is 10.2. The average Bonchev–Trinajstić information content (AvgIpc) is 2.94. The van der Waals surface area contributed by atoms with Crippen molar-refractivity contribution in [3.8, 4) is 0 Å². The van der Waals surface area contributed by atoms with Crippen molar-refractivity contribution in [3.63, 3.8) is 0 Å². The summed E-state index contributed by atoms with van der Waals surface area (Å²) in [5, 5.41) is 11.4. The van der Waals surface area contributed by atoms with Crippen LogP contribution in [0.2, 0.25) is 0 Å². The summed E-state index contributed by atoms with van der Waals surface area (Å²) in [4.78, 5) is 12.0. The lowest BCUT2D eigenvalue weighted by Crippen LogP contribution is -2.24. The van der Waals surface area contributed by atoms with Crippen molar-refractivity contribution in [2.75, 3.05) is 0 Å². The number of hydrogen-bond acceptors (Lipinski definition) is 3. The van der Waals surface area contributed by atoms with Crippen LogP contribution in [0.4, 0.5) is 0 Å². The fourth-order valence-electron chi connectivity index (χ4n) is 1.99. The summed E-state index contributed by atoms with van der Waals surface area (Å²) in [5.41, 5.74) is 3.52. The van der Waals surface area contributed by atoms with Gasteiger partial charge >= 0.3 is 0 Å². The SMILES string of the molecule is CCn1ccc(C(=O)NCc2c(C)nn(C)c2C)n1. The maximum Gasteiger partial charge on any atom is 0.272 e. The first-order chi connectivity index (χ1) is 9.02. The van der Waals surface area contributed by atoms with E-state index in [0.29, 0.717) is 12.2 Å². The number of hydrogen-bond donors (Lipinski definition) is 1. The van der Waals surface area contributed by atoms with Gasteiger partial charge in [0.25, 0.3) is 5.91 Å². The van der Waals surface area contributed by atoms with Gasteiger partial charge in [0.05, 0.1) is 5.69 Å². The van der Waals surface area contributed by atoms with Crippen LogP contribution >= 0.6 is 0 Å². The van der Waals surface area contributed by atoms with Gasteiger partial charge in [0, 0.05) is 37.6 Å². The van der Waals surface area contributed by atoms with Crippen molar-refractivity contribution in [1.29, 1.82) is 0 Å². The van der Waals surface area contributed by atoms with Gasteiger partial charge in [0.2, 0.25) is 0 Å². The van der Waals surface area contributed by atoms with Gasteiger partial charge in [-0.25, -0.2) is 0 Å². The van der Waals surface area contributed by atoms with E-state index in [1.54, 1.807) is 16.9 Å². The monoisotopic (exact) mass is 261 g/mol. The topological polar surface area (TPSA) is 64.7 Å². The van der Waals surface area contributed by atoms with Crippen molar-refractivity contribution >= 4 is 5.91 Å². The molecule has 2 aromatic heterocycles. The standard InChI is InChI=1S/C13H19N5O/c1-5-18-7-6-12(16-18)13(19)14-8-11-9(2)15-17(4)10(11)3/h6-7H,5,8H2,1-4H3,(H,14,19). The largest absolute Gasteiger partial charge is 0.346 e. The summed E-state index contributed by atoms with van der Waals surface area (Å²) in [5.74, 6) is -0.158.